The molecule has 0 saturated heterocycles. The van der Waals surface area contributed by atoms with E-state index in [0.29, 0.717) is 20.2 Å². The van der Waals surface area contributed by atoms with Gasteiger partial charge >= 0.3 is 5.97 Å². The van der Waals surface area contributed by atoms with E-state index in [1.165, 1.54) is 12.1 Å². The van der Waals surface area contributed by atoms with Crippen LogP contribution in [-0.4, -0.2) is 21.3 Å². The Balaban J connectivity index is 2.53. The maximum absolute atomic E-state index is 11.3. The first-order valence-corrected chi connectivity index (χ1v) is 6.36. The molecule has 7 heteroatoms. The molecule has 0 aliphatic rings. The van der Waals surface area contributed by atoms with E-state index < -0.39 is 5.97 Å². The molecule has 5 nitrogen and oxygen atoms in total. The first-order valence-electron chi connectivity index (χ1n) is 4.78. The molecule has 1 heterocycles. The Labute approximate surface area is 118 Å². The van der Waals surface area contributed by atoms with Gasteiger partial charge in [0.1, 0.15) is 10.2 Å². The van der Waals surface area contributed by atoms with Crippen molar-refractivity contribution in [2.24, 2.45) is 0 Å². The standard InChI is InChI=1S/C11H6Br2N2O3/c12-7-8(13)10(16)15-14-9(7)5-1-3-6(4-2-5)11(17)18/h1-4H,(H,15,16)(H,17,18). The highest BCUT2D eigenvalue weighted by Gasteiger charge is 2.12. The summed E-state index contributed by atoms with van der Waals surface area (Å²) in [6.07, 6.45) is 0. The summed E-state index contributed by atoms with van der Waals surface area (Å²) in [7, 11) is 0. The number of aromatic carboxylic acids is 1. The van der Waals surface area contributed by atoms with Crippen LogP contribution in [0.25, 0.3) is 11.3 Å². The van der Waals surface area contributed by atoms with Gasteiger partial charge in [0.15, 0.2) is 0 Å². The summed E-state index contributed by atoms with van der Waals surface area (Å²) in [5.41, 5.74) is 1.08. The third kappa shape index (κ3) is 2.37. The van der Waals surface area contributed by atoms with Crippen LogP contribution in [0.3, 0.4) is 0 Å². The van der Waals surface area contributed by atoms with Crippen molar-refractivity contribution < 1.29 is 9.90 Å². The molecule has 18 heavy (non-hydrogen) atoms. The first-order chi connectivity index (χ1) is 8.50. The normalized spacial score (nSPS) is 10.3. The minimum atomic E-state index is -0.990. The van der Waals surface area contributed by atoms with Crippen LogP contribution >= 0.6 is 31.9 Å². The maximum atomic E-state index is 11.3. The number of H-pyrrole nitrogens is 1. The quantitative estimate of drug-likeness (QED) is 0.847. The third-order valence-electron chi connectivity index (χ3n) is 2.27. The van der Waals surface area contributed by atoms with Crippen LogP contribution in [0.15, 0.2) is 38.0 Å². The van der Waals surface area contributed by atoms with Gasteiger partial charge in [0, 0.05) is 5.56 Å². The minimum absolute atomic E-state index is 0.193. The lowest BCUT2D eigenvalue weighted by atomic mass is 10.1. The van der Waals surface area contributed by atoms with Crippen molar-refractivity contribution in [2.75, 3.05) is 0 Å². The molecule has 0 saturated carbocycles. The van der Waals surface area contributed by atoms with Gasteiger partial charge in [0.05, 0.1) is 10.0 Å². The number of carbonyl (C=O) groups is 1. The average molecular weight is 374 g/mol. The molecular weight excluding hydrogens is 368 g/mol. The van der Waals surface area contributed by atoms with E-state index >= 15 is 0 Å². The summed E-state index contributed by atoms with van der Waals surface area (Å²) in [5, 5.41) is 15.1. The second kappa shape index (κ2) is 5.03. The topological polar surface area (TPSA) is 83.0 Å². The SMILES string of the molecule is O=C(O)c1ccc(-c2n[nH]c(=O)c(Br)c2Br)cc1. The molecule has 92 valence electrons. The Bertz CT molecular complexity index is 665. The fourth-order valence-electron chi connectivity index (χ4n) is 1.37. The van der Waals surface area contributed by atoms with E-state index in [0.717, 1.165) is 0 Å². The van der Waals surface area contributed by atoms with Gasteiger partial charge in [0.25, 0.3) is 5.56 Å². The van der Waals surface area contributed by atoms with Gasteiger partial charge in [0.2, 0.25) is 0 Å². The average Bonchev–Trinajstić information content (AvgIpc) is 2.36. The summed E-state index contributed by atoms with van der Waals surface area (Å²) in [6.45, 7) is 0. The number of aromatic amines is 1. The lowest BCUT2D eigenvalue weighted by Gasteiger charge is -2.04. The zero-order chi connectivity index (χ0) is 13.3. The maximum Gasteiger partial charge on any atom is 0.335 e. The van der Waals surface area contributed by atoms with Crippen molar-refractivity contribution >= 4 is 37.8 Å². The molecule has 1 aromatic carbocycles. The Hall–Kier alpha value is -1.47. The smallest absolute Gasteiger partial charge is 0.335 e. The second-order valence-corrected chi connectivity index (χ2v) is 5.00. The molecule has 0 unspecified atom stereocenters. The molecule has 0 aliphatic carbocycles. The van der Waals surface area contributed by atoms with E-state index in [9.17, 15) is 9.59 Å². The van der Waals surface area contributed by atoms with Crippen LogP contribution in [0, 0.1) is 0 Å². The van der Waals surface area contributed by atoms with Crippen LogP contribution < -0.4 is 5.56 Å². The Morgan fingerprint density at radius 2 is 1.78 bits per heavy atom. The number of halogens is 2. The van der Waals surface area contributed by atoms with Gasteiger partial charge in [-0.2, -0.15) is 5.10 Å². The highest BCUT2D eigenvalue weighted by atomic mass is 79.9. The highest BCUT2D eigenvalue weighted by molar-refractivity contribution is 9.13. The molecule has 0 fully saturated rings. The van der Waals surface area contributed by atoms with Gasteiger partial charge in [-0.1, -0.05) is 12.1 Å². The fourth-order valence-corrected chi connectivity index (χ4v) is 2.14. The molecule has 0 radical (unpaired) electrons. The summed E-state index contributed by atoms with van der Waals surface area (Å²) >= 11 is 6.41. The number of carboxylic acid groups (broad SMARTS) is 1. The number of benzene rings is 1. The van der Waals surface area contributed by atoms with Crippen LogP contribution in [-0.2, 0) is 0 Å². The number of nitrogens with one attached hydrogen (secondary N) is 1. The molecule has 0 spiro atoms. The predicted octanol–water partition coefficient (Wildman–Crippen LogP) is 2.66. The van der Waals surface area contributed by atoms with Gasteiger partial charge in [-0.3, -0.25) is 4.79 Å². The molecule has 2 rings (SSSR count). The van der Waals surface area contributed by atoms with E-state index in [1.807, 2.05) is 0 Å². The van der Waals surface area contributed by atoms with E-state index in [2.05, 4.69) is 42.1 Å². The Morgan fingerprint density at radius 1 is 1.17 bits per heavy atom. The van der Waals surface area contributed by atoms with Crippen molar-refractivity contribution in [3.05, 3.63) is 49.1 Å². The van der Waals surface area contributed by atoms with Crippen LogP contribution in [0.2, 0.25) is 0 Å². The van der Waals surface area contributed by atoms with E-state index in [4.69, 9.17) is 5.11 Å². The largest absolute Gasteiger partial charge is 0.478 e. The monoisotopic (exact) mass is 372 g/mol. The van der Waals surface area contributed by atoms with Gasteiger partial charge in [-0.15, -0.1) is 0 Å². The number of hydrogen-bond donors (Lipinski definition) is 2. The number of nitrogens with zero attached hydrogens (tertiary/aromatic N) is 1. The van der Waals surface area contributed by atoms with Crippen LogP contribution in [0.1, 0.15) is 10.4 Å². The number of rotatable bonds is 2. The molecule has 0 amide bonds. The Morgan fingerprint density at radius 3 is 2.33 bits per heavy atom. The lowest BCUT2D eigenvalue weighted by molar-refractivity contribution is 0.0697. The minimum Gasteiger partial charge on any atom is -0.478 e. The molecule has 0 aliphatic heterocycles. The van der Waals surface area contributed by atoms with Crippen molar-refractivity contribution in [3.63, 3.8) is 0 Å². The lowest BCUT2D eigenvalue weighted by Crippen LogP contribution is -2.10. The Kier molecular flexibility index (Phi) is 3.63. The molecule has 2 aromatic rings. The molecule has 1 aromatic heterocycles. The molecule has 0 bridgehead atoms. The van der Waals surface area contributed by atoms with Crippen molar-refractivity contribution in [2.45, 2.75) is 0 Å². The van der Waals surface area contributed by atoms with Crippen molar-refractivity contribution in [3.8, 4) is 11.3 Å². The summed E-state index contributed by atoms with van der Waals surface area (Å²) in [6, 6.07) is 6.21. The van der Waals surface area contributed by atoms with Gasteiger partial charge in [-0.05, 0) is 44.0 Å². The molecule has 2 N–H and O–H groups in total. The van der Waals surface area contributed by atoms with Gasteiger partial charge in [-0.25, -0.2) is 9.89 Å². The van der Waals surface area contributed by atoms with Crippen molar-refractivity contribution in [1.29, 1.82) is 0 Å². The second-order valence-electron chi connectivity index (χ2n) is 3.41. The van der Waals surface area contributed by atoms with E-state index in [-0.39, 0.29) is 11.1 Å². The van der Waals surface area contributed by atoms with Crippen LogP contribution in [0.4, 0.5) is 0 Å². The summed E-state index contributed by atoms with van der Waals surface area (Å²) in [5.74, 6) is -0.990. The fraction of sp³-hybridized carbons (Fsp3) is 0. The molecular formula is C11H6Br2N2O3. The summed E-state index contributed by atoms with van der Waals surface area (Å²) in [4.78, 5) is 22.0. The van der Waals surface area contributed by atoms with E-state index in [1.54, 1.807) is 12.1 Å². The molecule has 0 atom stereocenters. The van der Waals surface area contributed by atoms with Crippen molar-refractivity contribution in [1.82, 2.24) is 10.2 Å². The first kappa shape index (κ1) is 13.0. The summed E-state index contributed by atoms with van der Waals surface area (Å²) < 4.78 is 0.865. The number of aromatic nitrogens is 2. The number of carboxylic acids is 1. The third-order valence-corrected chi connectivity index (χ3v) is 4.34. The zero-order valence-corrected chi connectivity index (χ0v) is 11.9. The number of hydrogen-bond acceptors (Lipinski definition) is 3. The predicted molar refractivity (Wildman–Crippen MR) is 72.7 cm³/mol. The van der Waals surface area contributed by atoms with Crippen LogP contribution in [0.5, 0.6) is 0 Å². The highest BCUT2D eigenvalue weighted by Crippen LogP contribution is 2.29. The zero-order valence-electron chi connectivity index (χ0n) is 8.78. The van der Waals surface area contributed by atoms with Gasteiger partial charge < -0.3 is 5.11 Å².